The SMILES string of the molecule is CC(C)(C)NS(C)(=O)(O)c1cc(NC(=O)NCc2ccccc2)ccc1-c1cnc(C2CCC(N)CC2)s1. The Hall–Kier alpha value is -2.63. The van der Waals surface area contributed by atoms with E-state index in [1.165, 1.54) is 6.26 Å². The van der Waals surface area contributed by atoms with E-state index in [0.717, 1.165) is 41.1 Å². The van der Waals surface area contributed by atoms with Gasteiger partial charge in [0.15, 0.2) is 0 Å². The van der Waals surface area contributed by atoms with Gasteiger partial charge in [0, 0.05) is 47.7 Å². The lowest BCUT2D eigenvalue weighted by atomic mass is 9.87. The highest BCUT2D eigenvalue weighted by molar-refractivity contribution is 8.13. The number of carbonyl (C=O) groups excluding carboxylic acids is 1. The van der Waals surface area contributed by atoms with Gasteiger partial charge in [-0.05, 0) is 70.2 Å². The summed E-state index contributed by atoms with van der Waals surface area (Å²) in [6, 6.07) is 14.6. The van der Waals surface area contributed by atoms with Crippen LogP contribution in [-0.4, -0.2) is 37.6 Å². The third-order valence-corrected chi connectivity index (χ3v) is 10.2. The Morgan fingerprint density at radius 3 is 2.47 bits per heavy atom. The monoisotopic (exact) mass is 557 g/mol. The van der Waals surface area contributed by atoms with Crippen LogP contribution in [0.4, 0.5) is 10.5 Å². The molecule has 0 bridgehead atoms. The molecule has 1 aliphatic carbocycles. The predicted octanol–water partition coefficient (Wildman–Crippen LogP) is 5.70. The van der Waals surface area contributed by atoms with Crippen LogP contribution in [0.5, 0.6) is 0 Å². The highest BCUT2D eigenvalue weighted by atomic mass is 32.3. The molecular weight excluding hydrogens is 518 g/mol. The first-order valence-corrected chi connectivity index (χ1v) is 16.1. The van der Waals surface area contributed by atoms with E-state index < -0.39 is 21.1 Å². The normalized spacial score (nSPS) is 19.4. The Kier molecular flexibility index (Phi) is 8.11. The zero-order valence-electron chi connectivity index (χ0n) is 22.5. The number of urea groups is 1. The average Bonchev–Trinajstić information content (AvgIpc) is 3.32. The summed E-state index contributed by atoms with van der Waals surface area (Å²) in [5.41, 5.74) is 7.46. The Morgan fingerprint density at radius 2 is 1.82 bits per heavy atom. The van der Waals surface area contributed by atoms with Crippen molar-refractivity contribution in [2.24, 2.45) is 5.73 Å². The van der Waals surface area contributed by atoms with Gasteiger partial charge in [0.1, 0.15) is 0 Å². The first kappa shape index (κ1) is 28.4. The molecule has 1 aromatic heterocycles. The van der Waals surface area contributed by atoms with Crippen molar-refractivity contribution in [3.63, 3.8) is 0 Å². The highest BCUT2D eigenvalue weighted by Gasteiger charge is 2.33. The van der Waals surface area contributed by atoms with Crippen LogP contribution in [0.25, 0.3) is 10.4 Å². The van der Waals surface area contributed by atoms with E-state index in [1.807, 2.05) is 51.1 Å². The molecule has 8 nitrogen and oxygen atoms in total. The molecule has 2 aromatic carbocycles. The molecule has 1 saturated carbocycles. The topological polar surface area (TPSA) is 129 Å². The lowest BCUT2D eigenvalue weighted by Crippen LogP contribution is -2.54. The van der Waals surface area contributed by atoms with E-state index in [1.54, 1.807) is 35.7 Å². The summed E-state index contributed by atoms with van der Waals surface area (Å²) in [5.74, 6) is 0.357. The van der Waals surface area contributed by atoms with Gasteiger partial charge in [-0.2, -0.15) is 4.21 Å². The zero-order chi connectivity index (χ0) is 27.6. The molecule has 4 rings (SSSR count). The molecule has 0 aliphatic heterocycles. The first-order chi connectivity index (χ1) is 17.8. The van der Waals surface area contributed by atoms with E-state index in [0.29, 0.717) is 23.7 Å². The van der Waals surface area contributed by atoms with Crippen molar-refractivity contribution in [3.05, 3.63) is 65.3 Å². The number of nitrogens with one attached hydrogen (secondary N) is 3. The molecule has 0 saturated heterocycles. The van der Waals surface area contributed by atoms with Crippen molar-refractivity contribution in [1.82, 2.24) is 15.0 Å². The van der Waals surface area contributed by atoms with Gasteiger partial charge in [-0.15, -0.1) is 20.9 Å². The molecule has 0 unspecified atom stereocenters. The number of nitrogens with two attached hydrogens (primary N) is 1. The highest BCUT2D eigenvalue weighted by Crippen LogP contribution is 2.43. The molecule has 206 valence electrons. The minimum atomic E-state index is -4.54. The number of carbonyl (C=O) groups is 1. The number of benzene rings is 2. The number of anilines is 1. The molecule has 0 spiro atoms. The van der Waals surface area contributed by atoms with Gasteiger partial charge in [-0.25, -0.2) is 14.5 Å². The number of rotatable bonds is 7. The Labute approximate surface area is 229 Å². The van der Waals surface area contributed by atoms with Crippen LogP contribution in [0.2, 0.25) is 0 Å². The van der Waals surface area contributed by atoms with Crippen molar-refractivity contribution >= 4 is 32.6 Å². The van der Waals surface area contributed by atoms with Crippen LogP contribution < -0.4 is 21.1 Å². The number of hydrogen-bond donors (Lipinski definition) is 5. The fourth-order valence-electron chi connectivity index (χ4n) is 4.90. The third-order valence-electron chi connectivity index (χ3n) is 6.51. The Balaban J connectivity index is 1.64. The largest absolute Gasteiger partial charge is 0.334 e. The van der Waals surface area contributed by atoms with E-state index in [9.17, 15) is 13.6 Å². The standard InChI is InChI=1S/C28H39N5O3S2/c1-28(2,3)33-38(4,35,36)25-16-22(32-27(34)31-17-19-8-6-5-7-9-19)14-15-23(25)24-18-30-26(37-24)20-10-12-21(29)13-11-20/h5-9,14-16,18,20-21H,10-13,17,29H2,1-4H3,(H2,31,32,34)(H2,33,35,36). The minimum absolute atomic E-state index is 0.221. The number of hydrogen-bond acceptors (Lipinski definition) is 5. The zero-order valence-corrected chi connectivity index (χ0v) is 24.1. The molecule has 0 radical (unpaired) electrons. The van der Waals surface area contributed by atoms with Gasteiger partial charge in [0.2, 0.25) is 0 Å². The lowest BCUT2D eigenvalue weighted by molar-refractivity contribution is 0.251. The van der Waals surface area contributed by atoms with Gasteiger partial charge in [0.25, 0.3) is 0 Å². The number of nitrogens with zero attached hydrogens (tertiary/aromatic N) is 1. The van der Waals surface area contributed by atoms with E-state index in [2.05, 4.69) is 15.4 Å². The van der Waals surface area contributed by atoms with Crippen LogP contribution in [0.15, 0.2) is 59.6 Å². The van der Waals surface area contributed by atoms with Crippen LogP contribution in [0, 0.1) is 0 Å². The van der Waals surface area contributed by atoms with Crippen LogP contribution >= 0.6 is 11.3 Å². The second-order valence-corrected chi connectivity index (χ2v) is 15.6. The van der Waals surface area contributed by atoms with Crippen molar-refractivity contribution in [1.29, 1.82) is 0 Å². The van der Waals surface area contributed by atoms with Crippen molar-refractivity contribution < 1.29 is 13.6 Å². The van der Waals surface area contributed by atoms with Crippen LogP contribution in [0.1, 0.15) is 62.9 Å². The third kappa shape index (κ3) is 7.27. The lowest BCUT2D eigenvalue weighted by Gasteiger charge is -2.46. The summed E-state index contributed by atoms with van der Waals surface area (Å²) in [5, 5.41) is 6.67. The van der Waals surface area contributed by atoms with E-state index in [-0.39, 0.29) is 10.9 Å². The van der Waals surface area contributed by atoms with Crippen LogP contribution in [-0.2, 0) is 16.1 Å². The summed E-state index contributed by atoms with van der Waals surface area (Å²) < 4.78 is 28.7. The maximum Gasteiger partial charge on any atom is 0.319 e. The molecule has 1 fully saturated rings. The maximum absolute atomic E-state index is 14.2. The van der Waals surface area contributed by atoms with Crippen molar-refractivity contribution in [3.8, 4) is 10.4 Å². The molecule has 2 amide bonds. The fourth-order valence-corrected chi connectivity index (χ4v) is 8.74. The van der Waals surface area contributed by atoms with Gasteiger partial charge < -0.3 is 16.4 Å². The van der Waals surface area contributed by atoms with E-state index in [4.69, 9.17) is 10.7 Å². The van der Waals surface area contributed by atoms with Gasteiger partial charge in [-0.1, -0.05) is 30.3 Å². The summed E-state index contributed by atoms with van der Waals surface area (Å²) in [6.07, 6.45) is 7.07. The summed E-state index contributed by atoms with van der Waals surface area (Å²) in [6.45, 7) is 5.90. The summed E-state index contributed by atoms with van der Waals surface area (Å²) in [7, 11) is -4.54. The van der Waals surface area contributed by atoms with Crippen molar-refractivity contribution in [2.45, 2.75) is 75.4 Å². The maximum atomic E-state index is 14.2. The molecule has 0 atom stereocenters. The van der Waals surface area contributed by atoms with E-state index >= 15 is 0 Å². The Morgan fingerprint density at radius 1 is 1.13 bits per heavy atom. The summed E-state index contributed by atoms with van der Waals surface area (Å²) >= 11 is 1.55. The van der Waals surface area contributed by atoms with Gasteiger partial charge >= 0.3 is 6.03 Å². The smallest absolute Gasteiger partial charge is 0.319 e. The number of amides is 2. The summed E-state index contributed by atoms with van der Waals surface area (Å²) in [4.78, 5) is 18.4. The second kappa shape index (κ2) is 10.9. The number of thiazole rings is 1. The average molecular weight is 558 g/mol. The predicted molar refractivity (Wildman–Crippen MR) is 157 cm³/mol. The quantitative estimate of drug-likeness (QED) is 0.254. The Bertz CT molecular complexity index is 1340. The molecule has 38 heavy (non-hydrogen) atoms. The van der Waals surface area contributed by atoms with Crippen molar-refractivity contribution in [2.75, 3.05) is 11.6 Å². The molecular formula is C28H39N5O3S2. The van der Waals surface area contributed by atoms with Gasteiger partial charge in [-0.3, -0.25) is 4.55 Å². The first-order valence-electron chi connectivity index (χ1n) is 12.9. The fraction of sp³-hybridized carbons (Fsp3) is 0.429. The molecule has 1 heterocycles. The van der Waals surface area contributed by atoms with Gasteiger partial charge in [0.05, 0.1) is 14.8 Å². The number of aromatic nitrogens is 1. The second-order valence-electron chi connectivity index (χ2n) is 11.3. The molecule has 6 N–H and O–H groups in total. The van der Waals surface area contributed by atoms with Crippen LogP contribution in [0.3, 0.4) is 0 Å². The molecule has 3 aromatic rings. The molecule has 1 aliphatic rings. The minimum Gasteiger partial charge on any atom is -0.334 e. The molecule has 10 heteroatoms.